The monoisotopic (exact) mass is 458 g/mol. The van der Waals surface area contributed by atoms with Crippen LogP contribution >= 0.6 is 63.7 Å². The molecule has 0 nitrogen and oxygen atoms in total. The predicted octanol–water partition coefficient (Wildman–Crippen LogP) is 4.45. The fraction of sp³-hybridized carbons (Fsp3) is 0.818. The van der Waals surface area contributed by atoms with Gasteiger partial charge in [-0.1, -0.05) is 69.8 Å². The lowest BCUT2D eigenvalue weighted by Gasteiger charge is -2.30. The van der Waals surface area contributed by atoms with Gasteiger partial charge in [-0.25, -0.2) is 0 Å². The van der Waals surface area contributed by atoms with Crippen LogP contribution in [0.5, 0.6) is 0 Å². The lowest BCUT2D eigenvalue weighted by Crippen LogP contribution is -2.30. The van der Waals surface area contributed by atoms with E-state index in [0.717, 1.165) is 29.6 Å². The average molecular weight is 462 g/mol. The minimum Gasteiger partial charge on any atom is -0.0884 e. The Hall–Kier alpha value is 1.66. The molecule has 8 atom stereocenters. The van der Waals surface area contributed by atoms with E-state index in [1.54, 1.807) is 0 Å². The van der Waals surface area contributed by atoms with Gasteiger partial charge in [-0.3, -0.25) is 0 Å². The van der Waals surface area contributed by atoms with E-state index in [2.05, 4.69) is 69.8 Å². The van der Waals surface area contributed by atoms with Crippen molar-refractivity contribution in [3.05, 3.63) is 10.6 Å². The van der Waals surface area contributed by atoms with Crippen molar-refractivity contribution in [3.63, 3.8) is 0 Å². The Morgan fingerprint density at radius 3 is 2.73 bits per heavy atom. The highest BCUT2D eigenvalue weighted by atomic mass is 79.9. The molecule has 3 saturated carbocycles. The van der Waals surface area contributed by atoms with Crippen molar-refractivity contribution in [1.29, 1.82) is 0 Å². The Labute approximate surface area is 123 Å². The second-order valence-corrected chi connectivity index (χ2v) is 9.73. The van der Waals surface area contributed by atoms with E-state index in [1.807, 2.05) is 0 Å². The molecule has 0 saturated heterocycles. The molecule has 4 aliphatic rings. The number of halogens is 4. The summed E-state index contributed by atoms with van der Waals surface area (Å²) in [6.45, 7) is 0. The molecule has 4 aliphatic carbocycles. The lowest BCUT2D eigenvalue weighted by molar-refractivity contribution is 0.286. The maximum absolute atomic E-state index is 4.02. The summed E-state index contributed by atoms with van der Waals surface area (Å²) in [7, 11) is 0. The van der Waals surface area contributed by atoms with E-state index in [4.69, 9.17) is 0 Å². The van der Waals surface area contributed by atoms with Gasteiger partial charge in [0.1, 0.15) is 0 Å². The van der Waals surface area contributed by atoms with Gasteiger partial charge in [-0.2, -0.15) is 0 Å². The van der Waals surface area contributed by atoms with Gasteiger partial charge in [0, 0.05) is 9.65 Å². The molecule has 0 aliphatic heterocycles. The standard InChI is InChI=1S/C11H10Br4/c12-5-2-11(15)8-3-1-4(6(5)8)9(13)7(3)10(11)14/h2-4,6-10H,1H2/t3-,4+,6+,7-,8+,9-,10-,11-/m0/s1. The second-order valence-electron chi connectivity index (χ2n) is 5.40. The van der Waals surface area contributed by atoms with Gasteiger partial charge < -0.3 is 0 Å². The number of alkyl halides is 3. The van der Waals surface area contributed by atoms with E-state index < -0.39 is 0 Å². The molecule has 0 aromatic heterocycles. The first kappa shape index (κ1) is 10.6. The zero-order valence-electron chi connectivity index (χ0n) is 7.84. The number of rotatable bonds is 0. The number of allylic oxidation sites excluding steroid dienone is 2. The molecule has 0 amide bonds. The largest absolute Gasteiger partial charge is 0.0884 e. The lowest BCUT2D eigenvalue weighted by atomic mass is 9.81. The van der Waals surface area contributed by atoms with E-state index in [1.165, 1.54) is 10.9 Å². The maximum atomic E-state index is 4.02. The van der Waals surface area contributed by atoms with Crippen molar-refractivity contribution in [2.75, 3.05) is 0 Å². The first-order valence-corrected chi connectivity index (χ1v) is 8.82. The SMILES string of the molecule is BrC1=C[C@]2(Br)[C@@H]3[C@H]4C[C@@H]([C@H](Br)[C@H]4[C@@H]2Br)[C@H]13. The van der Waals surface area contributed by atoms with E-state index in [0.29, 0.717) is 9.65 Å². The number of hydrogen-bond acceptors (Lipinski definition) is 0. The zero-order chi connectivity index (χ0) is 10.5. The molecule has 3 fully saturated rings. The summed E-state index contributed by atoms with van der Waals surface area (Å²) in [5.74, 6) is 4.21. The molecule has 0 radical (unpaired) electrons. The maximum Gasteiger partial charge on any atom is 0.0612 e. The van der Waals surface area contributed by atoms with Crippen molar-refractivity contribution >= 4 is 63.7 Å². The molecule has 2 bridgehead atoms. The zero-order valence-corrected chi connectivity index (χ0v) is 14.2. The fourth-order valence-electron chi connectivity index (χ4n) is 4.71. The average Bonchev–Trinajstić information content (AvgIpc) is 2.79. The minimum absolute atomic E-state index is 0.225. The fourth-order valence-corrected chi connectivity index (χ4v) is 10.0. The molecule has 4 heteroatoms. The summed E-state index contributed by atoms with van der Waals surface area (Å²) in [5.41, 5.74) is 0. The molecule has 0 aromatic carbocycles. The van der Waals surface area contributed by atoms with Crippen LogP contribution in [0, 0.1) is 29.6 Å². The first-order valence-electron chi connectivity index (χ1n) is 5.41. The predicted molar refractivity (Wildman–Crippen MR) is 76.2 cm³/mol. The number of fused-ring (bicyclic) bond motifs is 2. The molecule has 82 valence electrons. The third-order valence-corrected chi connectivity index (χ3v) is 10.4. The molecule has 4 rings (SSSR count). The Morgan fingerprint density at radius 1 is 1.27 bits per heavy atom. The molecular weight excluding hydrogens is 452 g/mol. The van der Waals surface area contributed by atoms with Crippen molar-refractivity contribution in [1.82, 2.24) is 0 Å². The van der Waals surface area contributed by atoms with Crippen LogP contribution in [-0.2, 0) is 0 Å². The third kappa shape index (κ3) is 0.978. The van der Waals surface area contributed by atoms with Gasteiger partial charge in [0.15, 0.2) is 0 Å². The van der Waals surface area contributed by atoms with Crippen molar-refractivity contribution in [2.24, 2.45) is 29.6 Å². The Kier molecular flexibility index (Phi) is 2.09. The summed E-state index contributed by atoms with van der Waals surface area (Å²) in [6, 6.07) is 0. The van der Waals surface area contributed by atoms with Crippen LogP contribution in [0.25, 0.3) is 0 Å². The highest BCUT2D eigenvalue weighted by Gasteiger charge is 2.73. The molecule has 0 spiro atoms. The van der Waals surface area contributed by atoms with Crippen LogP contribution in [0.1, 0.15) is 6.42 Å². The summed E-state index contributed by atoms with van der Waals surface area (Å²) >= 11 is 15.7. The Bertz CT molecular complexity index is 379. The Morgan fingerprint density at radius 2 is 2.00 bits per heavy atom. The minimum atomic E-state index is 0.225. The van der Waals surface area contributed by atoms with Gasteiger partial charge in [0.25, 0.3) is 0 Å². The quantitative estimate of drug-likeness (QED) is 0.468. The topological polar surface area (TPSA) is 0 Å². The molecular formula is C11H10Br4. The first-order chi connectivity index (χ1) is 7.05. The van der Waals surface area contributed by atoms with Crippen LogP contribution in [-0.4, -0.2) is 14.0 Å². The molecule has 0 heterocycles. The van der Waals surface area contributed by atoms with Gasteiger partial charge in [-0.05, 0) is 40.5 Å². The molecule has 0 N–H and O–H groups in total. The van der Waals surface area contributed by atoms with Crippen LogP contribution in [0.4, 0.5) is 0 Å². The molecule has 15 heavy (non-hydrogen) atoms. The van der Waals surface area contributed by atoms with Crippen LogP contribution in [0.2, 0.25) is 0 Å². The van der Waals surface area contributed by atoms with Crippen molar-refractivity contribution in [3.8, 4) is 0 Å². The van der Waals surface area contributed by atoms with Gasteiger partial charge >= 0.3 is 0 Å². The highest BCUT2D eigenvalue weighted by Crippen LogP contribution is 2.75. The second kappa shape index (κ2) is 2.97. The summed E-state index contributed by atoms with van der Waals surface area (Å²) in [5, 5.41) is 0. The van der Waals surface area contributed by atoms with Crippen molar-refractivity contribution < 1.29 is 0 Å². The summed E-state index contributed by atoms with van der Waals surface area (Å²) in [6.07, 6.45) is 3.86. The van der Waals surface area contributed by atoms with Crippen LogP contribution in [0.15, 0.2) is 10.6 Å². The van der Waals surface area contributed by atoms with Gasteiger partial charge in [0.2, 0.25) is 0 Å². The summed E-state index contributed by atoms with van der Waals surface area (Å²) in [4.78, 5) is 1.31. The van der Waals surface area contributed by atoms with Crippen LogP contribution < -0.4 is 0 Å². The summed E-state index contributed by atoms with van der Waals surface area (Å²) < 4.78 is 1.67. The van der Waals surface area contributed by atoms with Gasteiger partial charge in [-0.15, -0.1) is 0 Å². The Balaban J connectivity index is 1.96. The third-order valence-electron chi connectivity index (χ3n) is 5.07. The van der Waals surface area contributed by atoms with E-state index in [-0.39, 0.29) is 4.32 Å². The van der Waals surface area contributed by atoms with E-state index >= 15 is 0 Å². The van der Waals surface area contributed by atoms with E-state index in [9.17, 15) is 0 Å². The normalized spacial score (nSPS) is 69.1. The van der Waals surface area contributed by atoms with Crippen LogP contribution in [0.3, 0.4) is 0 Å². The highest BCUT2D eigenvalue weighted by molar-refractivity contribution is 9.13. The smallest absolute Gasteiger partial charge is 0.0612 e. The van der Waals surface area contributed by atoms with Gasteiger partial charge in [0.05, 0.1) is 4.32 Å². The van der Waals surface area contributed by atoms with Crippen molar-refractivity contribution in [2.45, 2.75) is 20.4 Å². The molecule has 0 aromatic rings. The molecule has 0 unspecified atom stereocenters. The number of hydrogen-bond donors (Lipinski definition) is 0.